The highest BCUT2D eigenvalue weighted by atomic mass is 16.6. The molecular formula is C19H21N3O4. The van der Waals surface area contributed by atoms with Crippen LogP contribution >= 0.6 is 0 Å². The molecule has 7 nitrogen and oxygen atoms in total. The number of carbonyl (C=O) groups excluding carboxylic acids is 1. The summed E-state index contributed by atoms with van der Waals surface area (Å²) in [5, 5.41) is 26.1. The summed E-state index contributed by atoms with van der Waals surface area (Å²) in [4.78, 5) is 12.0. The highest BCUT2D eigenvalue weighted by molar-refractivity contribution is 5.96. The summed E-state index contributed by atoms with van der Waals surface area (Å²) in [6.07, 6.45) is -0.0573. The van der Waals surface area contributed by atoms with Crippen molar-refractivity contribution in [3.63, 3.8) is 0 Å². The Morgan fingerprint density at radius 1 is 1.38 bits per heavy atom. The molecule has 1 saturated carbocycles. The van der Waals surface area contributed by atoms with Crippen LogP contribution in [0.2, 0.25) is 0 Å². The van der Waals surface area contributed by atoms with Gasteiger partial charge in [0.15, 0.2) is 6.10 Å². The zero-order valence-electron chi connectivity index (χ0n) is 15.2. The normalized spacial score (nSPS) is 34.0. The summed E-state index contributed by atoms with van der Waals surface area (Å²) in [6, 6.07) is 7.17. The smallest absolute Gasteiger partial charge is 0.246 e. The van der Waals surface area contributed by atoms with Gasteiger partial charge in [-0.25, -0.2) is 5.01 Å². The lowest BCUT2D eigenvalue weighted by molar-refractivity contribution is -0.179. The number of nitriles is 1. The highest BCUT2D eigenvalue weighted by Gasteiger charge is 2.57. The lowest BCUT2D eigenvalue weighted by Gasteiger charge is -2.49. The fourth-order valence-corrected chi connectivity index (χ4v) is 3.57. The maximum absolute atomic E-state index is 12.0. The van der Waals surface area contributed by atoms with E-state index >= 15 is 0 Å². The van der Waals surface area contributed by atoms with Crippen LogP contribution in [0.1, 0.15) is 44.4 Å². The molecule has 0 radical (unpaired) electrons. The van der Waals surface area contributed by atoms with Gasteiger partial charge in [0.2, 0.25) is 11.8 Å². The Morgan fingerprint density at radius 3 is 2.81 bits per heavy atom. The van der Waals surface area contributed by atoms with Crippen LogP contribution < -0.4 is 4.74 Å². The second kappa shape index (κ2) is 5.21. The molecule has 0 aromatic heterocycles. The second-order valence-corrected chi connectivity index (χ2v) is 7.87. The lowest BCUT2D eigenvalue weighted by atomic mass is 9.77. The van der Waals surface area contributed by atoms with Crippen LogP contribution in [0, 0.1) is 23.2 Å². The van der Waals surface area contributed by atoms with Gasteiger partial charge in [-0.1, -0.05) is 0 Å². The number of amides is 1. The lowest BCUT2D eigenvalue weighted by Crippen LogP contribution is -2.59. The van der Waals surface area contributed by atoms with E-state index in [1.165, 1.54) is 5.01 Å². The van der Waals surface area contributed by atoms with Gasteiger partial charge in [-0.2, -0.15) is 5.26 Å². The maximum Gasteiger partial charge on any atom is 0.246 e. The van der Waals surface area contributed by atoms with Crippen molar-refractivity contribution in [3.8, 4) is 11.8 Å². The maximum atomic E-state index is 12.0. The zero-order valence-corrected chi connectivity index (χ0v) is 15.2. The van der Waals surface area contributed by atoms with Crippen LogP contribution in [0.4, 0.5) is 0 Å². The number of ether oxygens (including phenoxy) is 2. The van der Waals surface area contributed by atoms with E-state index in [0.29, 0.717) is 29.2 Å². The molecule has 2 heterocycles. The number of hydrogen-bond acceptors (Lipinski definition) is 6. The summed E-state index contributed by atoms with van der Waals surface area (Å²) >= 11 is 0. The van der Waals surface area contributed by atoms with E-state index in [-0.39, 0.29) is 17.7 Å². The predicted octanol–water partition coefficient (Wildman–Crippen LogP) is 1.96. The number of benzene rings is 1. The van der Waals surface area contributed by atoms with Crippen LogP contribution in [-0.2, 0) is 9.53 Å². The van der Waals surface area contributed by atoms with Crippen LogP contribution in [0.3, 0.4) is 0 Å². The average molecular weight is 355 g/mol. The Morgan fingerprint density at radius 2 is 2.12 bits per heavy atom. The van der Waals surface area contributed by atoms with E-state index in [9.17, 15) is 15.2 Å². The summed E-state index contributed by atoms with van der Waals surface area (Å²) in [6.45, 7) is 5.24. The minimum Gasteiger partial charge on any atom is -0.484 e. The number of hydrogen-bond donors (Lipinski definition) is 1. The van der Waals surface area contributed by atoms with E-state index in [0.717, 1.165) is 0 Å². The van der Waals surface area contributed by atoms with Crippen molar-refractivity contribution in [1.29, 1.82) is 5.26 Å². The molecule has 2 aliphatic heterocycles. The number of fused-ring (bicyclic) bond motifs is 2. The van der Waals surface area contributed by atoms with Crippen molar-refractivity contribution in [3.05, 3.63) is 29.3 Å². The summed E-state index contributed by atoms with van der Waals surface area (Å²) in [5.74, 6) is 0.888. The molecule has 0 bridgehead atoms. The minimum absolute atomic E-state index is 0.00594. The van der Waals surface area contributed by atoms with E-state index < -0.39 is 17.3 Å². The van der Waals surface area contributed by atoms with Crippen molar-refractivity contribution >= 4 is 11.8 Å². The van der Waals surface area contributed by atoms with Crippen molar-refractivity contribution in [1.82, 2.24) is 5.01 Å². The first-order chi connectivity index (χ1) is 12.2. The van der Waals surface area contributed by atoms with E-state index in [1.807, 2.05) is 0 Å². The zero-order chi connectivity index (χ0) is 18.9. The molecule has 4 atom stereocenters. The molecule has 1 fully saturated rings. The summed E-state index contributed by atoms with van der Waals surface area (Å²) in [5.41, 5.74) is -1.23. The standard InChI is InChI=1S/C19H21N3O4/c1-18(2)19(3,24)15(13-7-10(9-20)5-6-14(13)26-18)25-16-11-8-12(11)17(23)22(4)21-16/h5-7,11-12,15,24H,8H2,1-4H3/t11-,12+,15+,19-/m1/s1. The van der Waals surface area contributed by atoms with E-state index in [1.54, 1.807) is 46.0 Å². The molecule has 0 unspecified atom stereocenters. The molecule has 136 valence electrons. The third kappa shape index (κ3) is 2.29. The Hall–Kier alpha value is -2.59. The average Bonchev–Trinajstić information content (AvgIpc) is 3.37. The molecule has 1 N–H and O–H groups in total. The molecular weight excluding hydrogens is 334 g/mol. The molecule has 1 amide bonds. The van der Waals surface area contributed by atoms with Gasteiger partial charge in [-0.3, -0.25) is 4.79 Å². The molecule has 4 rings (SSSR count). The quantitative estimate of drug-likeness (QED) is 0.831. The first-order valence-corrected chi connectivity index (χ1v) is 8.64. The third-order valence-electron chi connectivity index (χ3n) is 5.75. The monoisotopic (exact) mass is 355 g/mol. The van der Waals surface area contributed by atoms with E-state index in [2.05, 4.69) is 11.2 Å². The van der Waals surface area contributed by atoms with Gasteiger partial charge in [-0.05, 0) is 45.4 Å². The van der Waals surface area contributed by atoms with Gasteiger partial charge in [0.25, 0.3) is 0 Å². The van der Waals surface area contributed by atoms with Gasteiger partial charge in [0.1, 0.15) is 17.0 Å². The fraction of sp³-hybridized carbons (Fsp3) is 0.526. The molecule has 3 aliphatic rings. The van der Waals surface area contributed by atoms with Gasteiger partial charge in [0.05, 0.1) is 17.6 Å². The van der Waals surface area contributed by atoms with E-state index in [4.69, 9.17) is 9.47 Å². The fourth-order valence-electron chi connectivity index (χ4n) is 3.57. The first kappa shape index (κ1) is 16.9. The SMILES string of the molecule is CN1N=C(O[C@H]2c3cc(C#N)ccc3OC(C)(C)[C@]2(C)O)[C@@H]2C[C@@H]2C1=O. The van der Waals surface area contributed by atoms with Gasteiger partial charge >= 0.3 is 0 Å². The van der Waals surface area contributed by atoms with Gasteiger partial charge < -0.3 is 14.6 Å². The Balaban J connectivity index is 1.77. The Bertz CT molecular complexity index is 868. The number of carbonyl (C=O) groups is 1. The summed E-state index contributed by atoms with van der Waals surface area (Å²) in [7, 11) is 1.61. The van der Waals surface area contributed by atoms with Gasteiger partial charge in [0, 0.05) is 18.5 Å². The van der Waals surface area contributed by atoms with Crippen LogP contribution in [0.5, 0.6) is 5.75 Å². The van der Waals surface area contributed by atoms with Crippen molar-refractivity contribution < 1.29 is 19.4 Å². The number of nitrogens with zero attached hydrogens (tertiary/aromatic N) is 3. The largest absolute Gasteiger partial charge is 0.484 e. The van der Waals surface area contributed by atoms with Crippen LogP contribution in [0.25, 0.3) is 0 Å². The minimum atomic E-state index is -1.37. The molecule has 26 heavy (non-hydrogen) atoms. The molecule has 1 aromatic carbocycles. The Labute approximate surface area is 151 Å². The first-order valence-electron chi connectivity index (χ1n) is 8.64. The van der Waals surface area contributed by atoms with Gasteiger partial charge in [-0.15, -0.1) is 5.10 Å². The molecule has 0 saturated heterocycles. The third-order valence-corrected chi connectivity index (χ3v) is 5.75. The number of aliphatic hydroxyl groups is 1. The molecule has 1 aliphatic carbocycles. The number of rotatable bonds is 1. The molecule has 0 spiro atoms. The highest BCUT2D eigenvalue weighted by Crippen LogP contribution is 2.51. The van der Waals surface area contributed by atoms with Crippen molar-refractivity contribution in [2.75, 3.05) is 7.05 Å². The van der Waals surface area contributed by atoms with Crippen LogP contribution in [0.15, 0.2) is 23.3 Å². The van der Waals surface area contributed by atoms with Crippen LogP contribution in [-0.4, -0.2) is 40.2 Å². The topological polar surface area (TPSA) is 95.2 Å². The van der Waals surface area contributed by atoms with Crippen molar-refractivity contribution in [2.45, 2.75) is 44.5 Å². The van der Waals surface area contributed by atoms with Crippen molar-refractivity contribution in [2.24, 2.45) is 16.9 Å². The summed E-state index contributed by atoms with van der Waals surface area (Å²) < 4.78 is 12.2. The number of hydrazone groups is 1. The molecule has 1 aromatic rings. The second-order valence-electron chi connectivity index (χ2n) is 7.87. The molecule has 7 heteroatoms. The predicted molar refractivity (Wildman–Crippen MR) is 92.1 cm³/mol. The Kier molecular flexibility index (Phi) is 3.38.